The zero-order chi connectivity index (χ0) is 11.4. The number of methoxy groups -OCH3 is 1. The topological polar surface area (TPSA) is 22.1 Å². The van der Waals surface area contributed by atoms with E-state index < -0.39 is 0 Å². The molecule has 1 unspecified atom stereocenters. The molecule has 0 N–H and O–H groups in total. The van der Waals surface area contributed by atoms with Gasteiger partial charge in [0, 0.05) is 17.5 Å². The maximum Gasteiger partial charge on any atom is 0.125 e. The first-order valence-electron chi connectivity index (χ1n) is 6.87. The van der Waals surface area contributed by atoms with Crippen molar-refractivity contribution in [3.63, 3.8) is 0 Å². The van der Waals surface area contributed by atoms with E-state index >= 15 is 0 Å². The van der Waals surface area contributed by atoms with Gasteiger partial charge in [-0.25, -0.2) is 0 Å². The summed E-state index contributed by atoms with van der Waals surface area (Å²) in [6.45, 7) is 0. The predicted molar refractivity (Wildman–Crippen MR) is 66.0 cm³/mol. The molecule has 2 heteroatoms. The van der Waals surface area contributed by atoms with Gasteiger partial charge in [0.2, 0.25) is 0 Å². The molecule has 4 aliphatic rings. The molecule has 2 nitrogen and oxygen atoms in total. The lowest BCUT2D eigenvalue weighted by molar-refractivity contribution is -0.118. The second-order valence-corrected chi connectivity index (χ2v) is 6.01. The Morgan fingerprint density at radius 2 is 2.06 bits per heavy atom. The maximum absolute atomic E-state index is 5.49. The minimum absolute atomic E-state index is 0.915. The Balaban J connectivity index is 1.61. The number of hydrogen-bond acceptors (Lipinski definition) is 2. The molecule has 0 saturated heterocycles. The molecule has 90 valence electrons. The highest BCUT2D eigenvalue weighted by Crippen LogP contribution is 2.63. The summed E-state index contributed by atoms with van der Waals surface area (Å²) in [5, 5.41) is 0. The largest absolute Gasteiger partial charge is 0.496 e. The number of ether oxygens (including phenoxy) is 1. The van der Waals surface area contributed by atoms with Gasteiger partial charge in [0.05, 0.1) is 7.11 Å². The third kappa shape index (κ3) is 1.30. The van der Waals surface area contributed by atoms with Gasteiger partial charge in [0.25, 0.3) is 0 Å². The molecule has 0 aliphatic heterocycles. The Bertz CT molecular complexity index is 428. The van der Waals surface area contributed by atoms with Crippen molar-refractivity contribution in [2.75, 3.05) is 7.11 Å². The van der Waals surface area contributed by atoms with Crippen LogP contribution in [0.1, 0.15) is 30.5 Å². The highest BCUT2D eigenvalue weighted by molar-refractivity contribution is 5.38. The van der Waals surface area contributed by atoms with Crippen LogP contribution in [0.5, 0.6) is 5.75 Å². The third-order valence-corrected chi connectivity index (χ3v) is 5.38. The summed E-state index contributed by atoms with van der Waals surface area (Å²) in [7, 11) is 1.78. The number of fused-ring (bicyclic) bond motifs is 1. The fraction of sp³-hybridized carbons (Fsp3) is 0.667. The second kappa shape index (κ2) is 3.47. The molecular formula is C15H19NO. The summed E-state index contributed by atoms with van der Waals surface area (Å²) in [5.41, 5.74) is 2.69. The van der Waals surface area contributed by atoms with Crippen molar-refractivity contribution in [3.05, 3.63) is 23.5 Å². The Hall–Kier alpha value is -1.05. The number of nitrogens with zero attached hydrogens (tertiary/aromatic N) is 1. The van der Waals surface area contributed by atoms with E-state index in [4.69, 9.17) is 4.74 Å². The lowest BCUT2D eigenvalue weighted by atomic mass is 9.43. The van der Waals surface area contributed by atoms with Crippen molar-refractivity contribution >= 4 is 0 Å². The van der Waals surface area contributed by atoms with Gasteiger partial charge in [-0.1, -0.05) is 0 Å². The summed E-state index contributed by atoms with van der Waals surface area (Å²) >= 11 is 0. The van der Waals surface area contributed by atoms with Crippen molar-refractivity contribution in [2.24, 2.45) is 23.7 Å². The molecule has 0 aromatic carbocycles. The molecular weight excluding hydrogens is 210 g/mol. The summed E-state index contributed by atoms with van der Waals surface area (Å²) in [6, 6.07) is 2.02. The number of rotatable bonds is 2. The molecule has 1 atom stereocenters. The highest BCUT2D eigenvalue weighted by atomic mass is 16.5. The minimum Gasteiger partial charge on any atom is -0.496 e. The van der Waals surface area contributed by atoms with Gasteiger partial charge in [0.15, 0.2) is 0 Å². The summed E-state index contributed by atoms with van der Waals surface area (Å²) in [6.07, 6.45) is 8.66. The average molecular weight is 229 g/mol. The van der Waals surface area contributed by atoms with Gasteiger partial charge in [0.1, 0.15) is 5.75 Å². The maximum atomic E-state index is 5.49. The molecule has 0 radical (unpaired) electrons. The van der Waals surface area contributed by atoms with Crippen LogP contribution in [0, 0.1) is 23.7 Å². The molecule has 1 heterocycles. The van der Waals surface area contributed by atoms with E-state index in [-0.39, 0.29) is 0 Å². The number of aryl methyl sites for hydroxylation is 1. The van der Waals surface area contributed by atoms with E-state index in [2.05, 4.69) is 4.98 Å². The van der Waals surface area contributed by atoms with Crippen LogP contribution >= 0.6 is 0 Å². The van der Waals surface area contributed by atoms with Crippen molar-refractivity contribution in [1.82, 2.24) is 4.98 Å². The van der Waals surface area contributed by atoms with Crippen LogP contribution in [0.15, 0.2) is 12.3 Å². The zero-order valence-electron chi connectivity index (χ0n) is 10.4. The van der Waals surface area contributed by atoms with Crippen molar-refractivity contribution in [1.29, 1.82) is 0 Å². The first-order valence-corrected chi connectivity index (χ1v) is 6.87. The van der Waals surface area contributed by atoms with Crippen LogP contribution in [-0.2, 0) is 12.8 Å². The van der Waals surface area contributed by atoms with E-state index in [1.54, 1.807) is 7.11 Å². The van der Waals surface area contributed by atoms with Gasteiger partial charge in [-0.15, -0.1) is 0 Å². The smallest absolute Gasteiger partial charge is 0.125 e. The average Bonchev–Trinajstić information content (AvgIpc) is 2.24. The highest BCUT2D eigenvalue weighted by Gasteiger charge is 2.55. The van der Waals surface area contributed by atoms with E-state index in [9.17, 15) is 0 Å². The minimum atomic E-state index is 0.915. The van der Waals surface area contributed by atoms with Crippen LogP contribution in [0.3, 0.4) is 0 Å². The van der Waals surface area contributed by atoms with E-state index in [0.717, 1.165) is 35.8 Å². The van der Waals surface area contributed by atoms with Crippen LogP contribution in [0.2, 0.25) is 0 Å². The Labute approximate surface area is 102 Å². The second-order valence-electron chi connectivity index (χ2n) is 6.01. The van der Waals surface area contributed by atoms with Gasteiger partial charge in [-0.05, 0) is 61.8 Å². The molecule has 0 amide bonds. The van der Waals surface area contributed by atoms with Gasteiger partial charge < -0.3 is 4.74 Å². The third-order valence-electron chi connectivity index (χ3n) is 5.38. The van der Waals surface area contributed by atoms with Gasteiger partial charge in [-0.2, -0.15) is 0 Å². The lowest BCUT2D eigenvalue weighted by Crippen LogP contribution is -2.54. The molecule has 3 saturated carbocycles. The lowest BCUT2D eigenvalue weighted by Gasteiger charge is -2.62. The monoisotopic (exact) mass is 229 g/mol. The van der Waals surface area contributed by atoms with Gasteiger partial charge >= 0.3 is 0 Å². The number of hydrogen-bond donors (Lipinski definition) is 0. The predicted octanol–water partition coefficient (Wildman–Crippen LogP) is 2.85. The summed E-state index contributed by atoms with van der Waals surface area (Å²) < 4.78 is 5.49. The van der Waals surface area contributed by atoms with Crippen molar-refractivity contribution < 1.29 is 4.74 Å². The molecule has 1 aromatic rings. The first-order chi connectivity index (χ1) is 8.36. The van der Waals surface area contributed by atoms with E-state index in [1.807, 2.05) is 12.3 Å². The Morgan fingerprint density at radius 1 is 1.24 bits per heavy atom. The van der Waals surface area contributed by atoms with Crippen molar-refractivity contribution in [3.8, 4) is 5.75 Å². The SMILES string of the molecule is COc1ccnc2c1CC(C1C3CC1C3)CC2. The quantitative estimate of drug-likeness (QED) is 0.778. The van der Waals surface area contributed by atoms with E-state index in [0.29, 0.717) is 0 Å². The molecule has 2 bridgehead atoms. The van der Waals surface area contributed by atoms with Gasteiger partial charge in [-0.3, -0.25) is 4.98 Å². The summed E-state index contributed by atoms with van der Waals surface area (Å²) in [5.74, 6) is 5.18. The fourth-order valence-corrected chi connectivity index (χ4v) is 4.26. The molecule has 0 spiro atoms. The fourth-order valence-electron chi connectivity index (χ4n) is 4.26. The standard InChI is InChI=1S/C15H19NO/c1-17-14-4-5-16-13-3-2-9(8-12(13)14)15-10-6-11(15)7-10/h4-5,9-11,15H,2-3,6-8H2,1H3. The summed E-state index contributed by atoms with van der Waals surface area (Å²) in [4.78, 5) is 4.52. The molecule has 3 fully saturated rings. The van der Waals surface area contributed by atoms with Crippen LogP contribution < -0.4 is 4.74 Å². The molecule has 4 aliphatic carbocycles. The normalized spacial score (nSPS) is 37.7. The molecule has 5 rings (SSSR count). The van der Waals surface area contributed by atoms with Crippen LogP contribution in [-0.4, -0.2) is 12.1 Å². The Morgan fingerprint density at radius 3 is 2.71 bits per heavy atom. The van der Waals surface area contributed by atoms with E-state index in [1.165, 1.54) is 36.9 Å². The molecule has 17 heavy (non-hydrogen) atoms. The van der Waals surface area contributed by atoms with Crippen LogP contribution in [0.25, 0.3) is 0 Å². The Kier molecular flexibility index (Phi) is 2.03. The zero-order valence-corrected chi connectivity index (χ0v) is 10.4. The van der Waals surface area contributed by atoms with Crippen LogP contribution in [0.4, 0.5) is 0 Å². The van der Waals surface area contributed by atoms with Crippen molar-refractivity contribution in [2.45, 2.75) is 32.1 Å². The number of pyridine rings is 1. The number of aromatic nitrogens is 1. The first kappa shape index (κ1) is 9.93. The molecule has 1 aromatic heterocycles.